The number of hydrogen-bond acceptors (Lipinski definition) is 9. The van der Waals surface area contributed by atoms with Gasteiger partial charge in [0.05, 0.1) is 49.8 Å². The zero-order valence-electron chi connectivity index (χ0n) is 19.4. The summed E-state index contributed by atoms with van der Waals surface area (Å²) in [6, 6.07) is 7.49. The number of hydrogen-bond donors (Lipinski definition) is 5. The van der Waals surface area contributed by atoms with Gasteiger partial charge in [0.15, 0.2) is 5.95 Å². The lowest BCUT2D eigenvalue weighted by atomic mass is 9.98. The highest BCUT2D eigenvalue weighted by Gasteiger charge is 2.37. The number of benzene rings is 2. The van der Waals surface area contributed by atoms with Crippen molar-refractivity contribution in [3.8, 4) is 22.5 Å². The number of nitrogens with zero attached hydrogens (tertiary/aromatic N) is 5. The molecule has 1 saturated heterocycles. The number of rotatable bonds is 6. The number of nitrogen functional groups attached to an aromatic ring is 1. The summed E-state index contributed by atoms with van der Waals surface area (Å²) < 4.78 is 56.2. The van der Waals surface area contributed by atoms with Crippen LogP contribution in [0.4, 0.5) is 5.95 Å². The van der Waals surface area contributed by atoms with Crippen LogP contribution in [-0.2, 0) is 20.0 Å². The van der Waals surface area contributed by atoms with Crippen LogP contribution >= 0.6 is 0 Å². The van der Waals surface area contributed by atoms with Crippen LogP contribution in [0.15, 0.2) is 40.1 Å². The number of aromatic nitrogens is 6. The van der Waals surface area contributed by atoms with Gasteiger partial charge in [-0.25, -0.2) is 31.7 Å². The summed E-state index contributed by atoms with van der Waals surface area (Å²) in [7, 11) is -4.92. The molecule has 2 aromatic heterocycles. The molecule has 14 nitrogen and oxygen atoms in total. The number of tetrazole rings is 1. The van der Waals surface area contributed by atoms with Gasteiger partial charge in [0, 0.05) is 12.0 Å². The van der Waals surface area contributed by atoms with E-state index >= 15 is 0 Å². The van der Waals surface area contributed by atoms with Crippen LogP contribution in [0.1, 0.15) is 6.42 Å². The molecule has 0 bridgehead atoms. The molecule has 0 aliphatic carbocycles. The summed E-state index contributed by atoms with van der Waals surface area (Å²) in [5, 5.41) is 19.3. The van der Waals surface area contributed by atoms with E-state index in [-0.39, 0.29) is 28.9 Å². The molecule has 5 rings (SSSR count). The summed E-state index contributed by atoms with van der Waals surface area (Å²) in [4.78, 5) is 6.08. The van der Waals surface area contributed by atoms with Crippen molar-refractivity contribution in [2.45, 2.75) is 22.3 Å². The van der Waals surface area contributed by atoms with Crippen molar-refractivity contribution in [3.05, 3.63) is 30.3 Å². The number of sulfonamides is 2. The van der Waals surface area contributed by atoms with Gasteiger partial charge >= 0.3 is 0 Å². The lowest BCUT2D eigenvalue weighted by molar-refractivity contribution is -0.878. The summed E-state index contributed by atoms with van der Waals surface area (Å²) in [5.74, 6) is 0.0109. The first-order chi connectivity index (χ1) is 16.9. The Morgan fingerprint density at radius 3 is 2.53 bits per heavy atom. The van der Waals surface area contributed by atoms with E-state index in [1.54, 1.807) is 18.2 Å². The third kappa shape index (κ3) is 4.33. The largest absolute Gasteiger partial charge is 0.369 e. The normalized spacial score (nSPS) is 18.1. The Morgan fingerprint density at radius 2 is 1.89 bits per heavy atom. The molecule has 0 radical (unpaired) electrons. The van der Waals surface area contributed by atoms with Gasteiger partial charge in [0.25, 0.3) is 0 Å². The van der Waals surface area contributed by atoms with Gasteiger partial charge in [-0.2, -0.15) is 5.21 Å². The maximum Gasteiger partial charge on any atom is 0.242 e. The van der Waals surface area contributed by atoms with E-state index in [1.807, 2.05) is 14.1 Å². The number of aromatic amines is 2. The predicted molar refractivity (Wildman–Crippen MR) is 131 cm³/mol. The quantitative estimate of drug-likeness (QED) is 0.206. The van der Waals surface area contributed by atoms with Crippen LogP contribution in [0.5, 0.6) is 0 Å². The average molecular weight is 534 g/mol. The second-order valence-electron chi connectivity index (χ2n) is 9.37. The van der Waals surface area contributed by atoms with E-state index in [2.05, 4.69) is 35.3 Å². The van der Waals surface area contributed by atoms with Crippen molar-refractivity contribution in [2.24, 2.45) is 5.14 Å². The van der Waals surface area contributed by atoms with Crippen molar-refractivity contribution >= 4 is 37.0 Å². The molecular weight excluding hydrogens is 508 g/mol. The van der Waals surface area contributed by atoms with Crippen molar-refractivity contribution in [1.29, 1.82) is 0 Å². The molecule has 3 heterocycles. The lowest BCUT2D eigenvalue weighted by Gasteiger charge is -2.23. The lowest BCUT2D eigenvalue weighted by Crippen LogP contribution is -2.42. The van der Waals surface area contributed by atoms with E-state index in [4.69, 9.17) is 10.9 Å². The molecule has 7 N–H and O–H groups in total. The smallest absolute Gasteiger partial charge is 0.242 e. The van der Waals surface area contributed by atoms with Gasteiger partial charge in [-0.15, -0.1) is 10.2 Å². The van der Waals surface area contributed by atoms with E-state index in [1.165, 1.54) is 12.1 Å². The molecule has 16 heteroatoms. The Kier molecular flexibility index (Phi) is 5.60. The van der Waals surface area contributed by atoms with Crippen molar-refractivity contribution in [1.82, 2.24) is 35.3 Å². The Bertz CT molecular complexity index is 1680. The van der Waals surface area contributed by atoms with Gasteiger partial charge in [-0.3, -0.25) is 0 Å². The highest BCUT2D eigenvalue weighted by atomic mass is 32.2. The number of primary sulfonamides is 1. The second kappa shape index (κ2) is 8.31. The minimum atomic E-state index is -4.61. The molecule has 1 fully saturated rings. The van der Waals surface area contributed by atoms with Gasteiger partial charge < -0.3 is 15.2 Å². The summed E-state index contributed by atoms with van der Waals surface area (Å²) in [5.41, 5.74) is 7.52. The zero-order valence-corrected chi connectivity index (χ0v) is 21.1. The van der Waals surface area contributed by atoms with Crippen LogP contribution in [0.3, 0.4) is 0 Å². The Balaban J connectivity index is 1.77. The van der Waals surface area contributed by atoms with Crippen LogP contribution in [-0.4, -0.2) is 85.1 Å². The zero-order chi connectivity index (χ0) is 25.9. The molecule has 0 saturated carbocycles. The first-order valence-corrected chi connectivity index (χ1v) is 13.9. The fraction of sp³-hybridized carbons (Fsp3) is 0.300. The van der Waals surface area contributed by atoms with Crippen molar-refractivity contribution < 1.29 is 21.3 Å². The molecule has 1 atom stereocenters. The molecule has 0 unspecified atom stereocenters. The Labute approximate surface area is 206 Å². The molecule has 36 heavy (non-hydrogen) atoms. The minimum absolute atomic E-state index is 0.120. The molecule has 0 amide bonds. The Hall–Kier alpha value is -3.44. The standard InChI is InChI=1S/C20H25N10O4S2/c1-30(2)9-8-11(10-30)27-36(33,34)15-7-6-12(13-4-3-5-14-17(13)24-20(21)23-14)16(18(15)35(22,31)32)19-25-28-29-26-19/h3-7,11,27H,8-10H2,1-2H3,(H3,21,23,24)(H2,22,31,32)(H,25,26,28,29)/q+1/t11-/m1/s1. The van der Waals surface area contributed by atoms with E-state index in [9.17, 15) is 16.8 Å². The minimum Gasteiger partial charge on any atom is -0.369 e. The molecular formula is C20H25N10O4S2+. The third-order valence-electron chi connectivity index (χ3n) is 6.21. The summed E-state index contributed by atoms with van der Waals surface area (Å²) >= 11 is 0. The maximum atomic E-state index is 13.5. The van der Waals surface area contributed by atoms with Crippen LogP contribution in [0, 0.1) is 0 Å². The summed E-state index contributed by atoms with van der Waals surface area (Å²) in [6.07, 6.45) is 0.606. The van der Waals surface area contributed by atoms with Crippen LogP contribution in [0.2, 0.25) is 0 Å². The first kappa shape index (κ1) is 24.3. The van der Waals surface area contributed by atoms with Gasteiger partial charge in [-0.1, -0.05) is 18.2 Å². The monoisotopic (exact) mass is 533 g/mol. The van der Waals surface area contributed by atoms with E-state index in [0.29, 0.717) is 34.0 Å². The number of H-pyrrole nitrogens is 2. The van der Waals surface area contributed by atoms with Gasteiger partial charge in [-0.05, 0) is 22.9 Å². The van der Waals surface area contributed by atoms with Crippen molar-refractivity contribution in [2.75, 3.05) is 32.9 Å². The number of nitrogens with one attached hydrogen (secondary N) is 3. The number of anilines is 1. The number of quaternary nitrogens is 1. The highest BCUT2D eigenvalue weighted by Crippen LogP contribution is 2.40. The van der Waals surface area contributed by atoms with Gasteiger partial charge in [0.2, 0.25) is 25.9 Å². The molecule has 2 aromatic carbocycles. The molecule has 190 valence electrons. The first-order valence-electron chi connectivity index (χ1n) is 10.9. The summed E-state index contributed by atoms with van der Waals surface area (Å²) in [6.45, 7) is 1.33. The van der Waals surface area contributed by atoms with E-state index in [0.717, 1.165) is 6.54 Å². The topological polar surface area (TPSA) is 215 Å². The van der Waals surface area contributed by atoms with Crippen molar-refractivity contribution in [3.63, 3.8) is 0 Å². The number of imidazole rings is 1. The highest BCUT2D eigenvalue weighted by molar-refractivity contribution is 7.92. The van der Waals surface area contributed by atoms with E-state index < -0.39 is 29.8 Å². The molecule has 1 aliphatic heterocycles. The maximum absolute atomic E-state index is 13.5. The van der Waals surface area contributed by atoms with Crippen LogP contribution < -0.4 is 15.6 Å². The second-order valence-corrected chi connectivity index (χ2v) is 12.5. The molecule has 4 aromatic rings. The van der Waals surface area contributed by atoms with Crippen LogP contribution in [0.25, 0.3) is 33.5 Å². The fourth-order valence-corrected chi connectivity index (χ4v) is 7.57. The average Bonchev–Trinajstić information content (AvgIpc) is 3.51. The number of likely N-dealkylation sites (N-methyl/N-ethyl adjacent to an activating group) is 1. The number of fused-ring (bicyclic) bond motifs is 1. The predicted octanol–water partition coefficient (Wildman–Crippen LogP) is -0.233. The molecule has 0 spiro atoms. The molecule has 1 aliphatic rings. The Morgan fingerprint density at radius 1 is 1.11 bits per heavy atom. The third-order valence-corrected chi connectivity index (χ3v) is 8.89. The van der Waals surface area contributed by atoms with Gasteiger partial charge in [0.1, 0.15) is 9.79 Å². The number of para-hydroxylation sites is 1. The number of likely N-dealkylation sites (tertiary alicyclic amines) is 1. The fourth-order valence-electron chi connectivity index (χ4n) is 4.70. The number of nitrogens with two attached hydrogens (primary N) is 2. The SMILES string of the molecule is C[N+]1(C)CC[C@@H](NS(=O)(=O)c2ccc(-c3cccc4[nH]c(N)nc34)c(-c3nn[nH]n3)c2S(N)(=O)=O)C1.